The van der Waals surface area contributed by atoms with E-state index in [1.165, 1.54) is 25.1 Å². The fraction of sp³-hybridized carbons (Fsp3) is 0.333. The minimum atomic E-state index is -4.87. The van der Waals surface area contributed by atoms with Crippen molar-refractivity contribution in [3.8, 4) is 5.75 Å². The maximum absolute atomic E-state index is 12.3. The normalized spacial score (nSPS) is 19.8. The Morgan fingerprint density at radius 2 is 1.95 bits per heavy atom. The third-order valence-electron chi connectivity index (χ3n) is 2.70. The smallest absolute Gasteiger partial charge is 0.404 e. The summed E-state index contributed by atoms with van der Waals surface area (Å²) in [6.07, 6.45) is -4.87. The van der Waals surface area contributed by atoms with Crippen molar-refractivity contribution in [3.05, 3.63) is 24.3 Å². The molecule has 2 rings (SSSR count). The van der Waals surface area contributed by atoms with Gasteiger partial charge in [0.05, 0.1) is 5.69 Å². The third kappa shape index (κ3) is 3.01. The maximum Gasteiger partial charge on any atom is 0.573 e. The van der Waals surface area contributed by atoms with Crippen molar-refractivity contribution in [1.29, 1.82) is 0 Å². The van der Waals surface area contributed by atoms with Gasteiger partial charge in [0.15, 0.2) is 5.75 Å². The molecule has 1 fully saturated rings. The molecule has 0 radical (unpaired) electrons. The van der Waals surface area contributed by atoms with Crippen LogP contribution >= 0.6 is 0 Å². The van der Waals surface area contributed by atoms with Crippen LogP contribution in [0.2, 0.25) is 0 Å². The fourth-order valence-electron chi connectivity index (χ4n) is 1.90. The van der Waals surface area contributed by atoms with Crippen LogP contribution in [0, 0.1) is 0 Å². The summed E-state index contributed by atoms with van der Waals surface area (Å²) in [6.45, 7) is 1.11. The van der Waals surface area contributed by atoms with E-state index in [9.17, 15) is 22.8 Å². The number of hydrogen-bond acceptors (Lipinski definition) is 3. The quantitative estimate of drug-likeness (QED) is 0.895. The number of nitrogens with one attached hydrogen (secondary N) is 1. The molecular formula is C12H11F3N2O3. The topological polar surface area (TPSA) is 58.6 Å². The van der Waals surface area contributed by atoms with Crippen LogP contribution in [0.25, 0.3) is 0 Å². The average molecular weight is 288 g/mol. The number of ether oxygens (including phenoxy) is 1. The Morgan fingerprint density at radius 1 is 1.30 bits per heavy atom. The minimum Gasteiger partial charge on any atom is -0.404 e. The minimum absolute atomic E-state index is 0.0866. The lowest BCUT2D eigenvalue weighted by Crippen LogP contribution is -2.57. The first kappa shape index (κ1) is 14.2. The molecule has 20 heavy (non-hydrogen) atoms. The van der Waals surface area contributed by atoms with Gasteiger partial charge in [-0.2, -0.15) is 0 Å². The van der Waals surface area contributed by atoms with Crippen molar-refractivity contribution in [2.75, 3.05) is 11.4 Å². The van der Waals surface area contributed by atoms with Crippen LogP contribution in [0.15, 0.2) is 24.3 Å². The monoisotopic (exact) mass is 288 g/mol. The molecule has 1 aromatic rings. The first-order valence-corrected chi connectivity index (χ1v) is 5.73. The molecule has 1 aliphatic rings. The molecule has 1 N–H and O–H groups in total. The average Bonchev–Trinajstić information content (AvgIpc) is 2.33. The number of alkyl halides is 3. The lowest BCUT2D eigenvalue weighted by atomic mass is 10.1. The van der Waals surface area contributed by atoms with E-state index in [1.807, 2.05) is 0 Å². The summed E-state index contributed by atoms with van der Waals surface area (Å²) in [5.41, 5.74) is -0.0866. The molecule has 0 aromatic heterocycles. The molecule has 108 valence electrons. The molecule has 5 nitrogen and oxygen atoms in total. The molecule has 0 bridgehead atoms. The zero-order valence-corrected chi connectivity index (χ0v) is 10.4. The lowest BCUT2D eigenvalue weighted by molar-refractivity contribution is -0.274. The predicted molar refractivity (Wildman–Crippen MR) is 63.1 cm³/mol. The number of para-hydroxylation sites is 2. The third-order valence-corrected chi connectivity index (χ3v) is 2.70. The van der Waals surface area contributed by atoms with Crippen LogP contribution < -0.4 is 15.0 Å². The summed E-state index contributed by atoms with van der Waals surface area (Å²) >= 11 is 0. The van der Waals surface area contributed by atoms with Crippen LogP contribution in [0.4, 0.5) is 18.9 Å². The summed E-state index contributed by atoms with van der Waals surface area (Å²) in [5.74, 6) is -1.46. The maximum atomic E-state index is 12.3. The number of piperazine rings is 1. The molecule has 0 saturated carbocycles. The van der Waals surface area contributed by atoms with E-state index < -0.39 is 30.0 Å². The van der Waals surface area contributed by atoms with Crippen molar-refractivity contribution in [2.24, 2.45) is 0 Å². The molecule has 0 aliphatic carbocycles. The number of carbonyl (C=O) groups is 2. The summed E-state index contributed by atoms with van der Waals surface area (Å²) in [4.78, 5) is 24.4. The fourth-order valence-corrected chi connectivity index (χ4v) is 1.90. The molecular weight excluding hydrogens is 277 g/mol. The van der Waals surface area contributed by atoms with Crippen molar-refractivity contribution in [3.63, 3.8) is 0 Å². The highest BCUT2D eigenvalue weighted by Crippen LogP contribution is 2.33. The largest absolute Gasteiger partial charge is 0.573 e. The van der Waals surface area contributed by atoms with E-state index >= 15 is 0 Å². The number of anilines is 1. The lowest BCUT2D eigenvalue weighted by Gasteiger charge is -2.31. The van der Waals surface area contributed by atoms with Crippen LogP contribution in [0.1, 0.15) is 6.92 Å². The molecule has 1 aliphatic heterocycles. The zero-order chi connectivity index (χ0) is 14.9. The molecule has 1 saturated heterocycles. The van der Waals surface area contributed by atoms with Gasteiger partial charge >= 0.3 is 6.36 Å². The van der Waals surface area contributed by atoms with Gasteiger partial charge in [-0.05, 0) is 19.1 Å². The van der Waals surface area contributed by atoms with Gasteiger partial charge in [0.1, 0.15) is 12.6 Å². The van der Waals surface area contributed by atoms with Gasteiger partial charge in [0.2, 0.25) is 11.8 Å². The van der Waals surface area contributed by atoms with Gasteiger partial charge in [-0.25, -0.2) is 0 Å². The standard InChI is InChI=1S/C12H11F3N2O3/c1-7-11(19)17(6-10(18)16-7)8-4-2-3-5-9(8)20-12(13,14)15/h2-5,7H,6H2,1H3,(H,16,18). The highest BCUT2D eigenvalue weighted by Gasteiger charge is 2.36. The second-order valence-electron chi connectivity index (χ2n) is 4.23. The summed E-state index contributed by atoms with van der Waals surface area (Å²) in [5, 5.41) is 2.40. The molecule has 0 spiro atoms. The second kappa shape index (κ2) is 5.03. The van der Waals surface area contributed by atoms with Crippen LogP contribution in [-0.4, -0.2) is 30.8 Å². The Labute approximate surface area is 112 Å². The first-order chi connectivity index (χ1) is 9.28. The predicted octanol–water partition coefficient (Wildman–Crippen LogP) is 1.44. The Kier molecular flexibility index (Phi) is 3.56. The Morgan fingerprint density at radius 3 is 2.60 bits per heavy atom. The molecule has 1 aromatic carbocycles. The van der Waals surface area contributed by atoms with E-state index in [0.29, 0.717) is 0 Å². The Bertz CT molecular complexity index is 545. The zero-order valence-electron chi connectivity index (χ0n) is 10.4. The summed E-state index contributed by atoms with van der Waals surface area (Å²) in [7, 11) is 0. The van der Waals surface area contributed by atoms with Crippen LogP contribution in [0.5, 0.6) is 5.75 Å². The van der Waals surface area contributed by atoms with E-state index in [-0.39, 0.29) is 12.2 Å². The van der Waals surface area contributed by atoms with Crippen molar-refractivity contribution < 1.29 is 27.5 Å². The number of benzene rings is 1. The number of nitrogens with zero attached hydrogens (tertiary/aromatic N) is 1. The van der Waals surface area contributed by atoms with Gasteiger partial charge in [0.25, 0.3) is 0 Å². The van der Waals surface area contributed by atoms with Gasteiger partial charge < -0.3 is 10.1 Å². The molecule has 1 heterocycles. The van der Waals surface area contributed by atoms with Gasteiger partial charge in [-0.3, -0.25) is 14.5 Å². The number of carbonyl (C=O) groups excluding carboxylic acids is 2. The van der Waals surface area contributed by atoms with Crippen molar-refractivity contribution >= 4 is 17.5 Å². The highest BCUT2D eigenvalue weighted by molar-refractivity contribution is 6.07. The SMILES string of the molecule is CC1NC(=O)CN(c2ccccc2OC(F)(F)F)C1=O. The van der Waals surface area contributed by atoms with Crippen LogP contribution in [-0.2, 0) is 9.59 Å². The van der Waals surface area contributed by atoms with E-state index in [2.05, 4.69) is 10.1 Å². The Balaban J connectivity index is 2.36. The molecule has 2 amide bonds. The highest BCUT2D eigenvalue weighted by atomic mass is 19.4. The van der Waals surface area contributed by atoms with Gasteiger partial charge in [-0.15, -0.1) is 13.2 Å². The van der Waals surface area contributed by atoms with Crippen molar-refractivity contribution in [2.45, 2.75) is 19.3 Å². The van der Waals surface area contributed by atoms with E-state index in [4.69, 9.17) is 0 Å². The molecule has 1 unspecified atom stereocenters. The molecule has 8 heteroatoms. The van der Waals surface area contributed by atoms with Crippen LogP contribution in [0.3, 0.4) is 0 Å². The van der Waals surface area contributed by atoms with Gasteiger partial charge in [0, 0.05) is 0 Å². The second-order valence-corrected chi connectivity index (χ2v) is 4.23. The number of hydrogen-bond donors (Lipinski definition) is 1. The Hall–Kier alpha value is -2.25. The number of rotatable bonds is 2. The van der Waals surface area contributed by atoms with Gasteiger partial charge in [-0.1, -0.05) is 12.1 Å². The summed E-state index contributed by atoms with van der Waals surface area (Å²) in [6, 6.07) is 4.40. The number of amides is 2. The molecule has 1 atom stereocenters. The van der Waals surface area contributed by atoms with E-state index in [0.717, 1.165) is 11.0 Å². The summed E-state index contributed by atoms with van der Waals surface area (Å²) < 4.78 is 40.9. The van der Waals surface area contributed by atoms with Crippen molar-refractivity contribution in [1.82, 2.24) is 5.32 Å². The number of halogens is 3. The van der Waals surface area contributed by atoms with E-state index in [1.54, 1.807) is 0 Å². The first-order valence-electron chi connectivity index (χ1n) is 5.73.